The number of hydrogen-bond acceptors (Lipinski definition) is 7. The predicted octanol–water partition coefficient (Wildman–Crippen LogP) is 2.85. The van der Waals surface area contributed by atoms with Gasteiger partial charge < -0.3 is 24.4 Å². The van der Waals surface area contributed by atoms with Crippen LogP contribution in [0.5, 0.6) is 5.88 Å². The molecular formula is C22H32FN3O5. The lowest BCUT2D eigenvalue weighted by molar-refractivity contribution is -0.151. The fraction of sp³-hybridized carbons (Fsp3) is 0.682. The molecule has 172 valence electrons. The number of hydrogen-bond donors (Lipinski definition) is 1. The summed E-state index contributed by atoms with van der Waals surface area (Å²) in [6.07, 6.45) is 2.90. The molecule has 1 amide bonds. The van der Waals surface area contributed by atoms with Crippen molar-refractivity contribution in [3.05, 3.63) is 17.8 Å². The van der Waals surface area contributed by atoms with Crippen molar-refractivity contribution in [3.63, 3.8) is 0 Å². The molecule has 1 N–H and O–H groups in total. The summed E-state index contributed by atoms with van der Waals surface area (Å²) >= 11 is 0. The minimum Gasteiger partial charge on any atom is -0.476 e. The van der Waals surface area contributed by atoms with E-state index >= 15 is 0 Å². The van der Waals surface area contributed by atoms with E-state index in [9.17, 15) is 14.0 Å². The van der Waals surface area contributed by atoms with Crippen LogP contribution in [-0.2, 0) is 14.3 Å². The van der Waals surface area contributed by atoms with Gasteiger partial charge in [-0.25, -0.2) is 14.2 Å². The Morgan fingerprint density at radius 3 is 2.52 bits per heavy atom. The van der Waals surface area contributed by atoms with Gasteiger partial charge in [0.05, 0.1) is 19.3 Å². The largest absolute Gasteiger partial charge is 0.476 e. The van der Waals surface area contributed by atoms with E-state index in [1.165, 1.54) is 0 Å². The van der Waals surface area contributed by atoms with Gasteiger partial charge in [-0.15, -0.1) is 0 Å². The van der Waals surface area contributed by atoms with Gasteiger partial charge in [0.15, 0.2) is 6.86 Å². The summed E-state index contributed by atoms with van der Waals surface area (Å²) in [5, 5.41) is 2.83. The number of pyridine rings is 1. The van der Waals surface area contributed by atoms with E-state index in [1.54, 1.807) is 19.1 Å². The molecule has 1 aliphatic heterocycles. The highest BCUT2D eigenvalue weighted by atomic mass is 19.1. The van der Waals surface area contributed by atoms with Gasteiger partial charge in [0.2, 0.25) is 5.88 Å². The number of halogens is 1. The summed E-state index contributed by atoms with van der Waals surface area (Å²) in [7, 11) is 0. The molecule has 1 aliphatic carbocycles. The van der Waals surface area contributed by atoms with Crippen LogP contribution in [0, 0.1) is 5.92 Å². The van der Waals surface area contributed by atoms with E-state index in [4.69, 9.17) is 14.2 Å². The number of esters is 1. The van der Waals surface area contributed by atoms with Gasteiger partial charge in [0, 0.05) is 13.1 Å². The normalized spacial score (nSPS) is 16.6. The van der Waals surface area contributed by atoms with E-state index in [-0.39, 0.29) is 18.4 Å². The number of nitrogens with zero attached hydrogens (tertiary/aromatic N) is 2. The fourth-order valence-corrected chi connectivity index (χ4v) is 3.53. The molecule has 1 saturated heterocycles. The minimum absolute atomic E-state index is 0.163. The van der Waals surface area contributed by atoms with Gasteiger partial charge in [-0.05, 0) is 50.7 Å². The first kappa shape index (κ1) is 23.2. The molecule has 1 aromatic heterocycles. The first-order valence-corrected chi connectivity index (χ1v) is 11.0. The van der Waals surface area contributed by atoms with Crippen molar-refractivity contribution in [3.8, 4) is 5.88 Å². The highest BCUT2D eigenvalue weighted by Crippen LogP contribution is 2.34. The van der Waals surface area contributed by atoms with Gasteiger partial charge >= 0.3 is 5.97 Å². The van der Waals surface area contributed by atoms with Crippen molar-refractivity contribution in [1.29, 1.82) is 0 Å². The molecule has 8 nitrogen and oxygen atoms in total. The molecule has 1 aromatic rings. The van der Waals surface area contributed by atoms with Gasteiger partial charge in [0.1, 0.15) is 16.9 Å². The summed E-state index contributed by atoms with van der Waals surface area (Å²) in [4.78, 5) is 31.9. The van der Waals surface area contributed by atoms with E-state index in [1.807, 2.05) is 18.7 Å². The Morgan fingerprint density at radius 1 is 1.23 bits per heavy atom. The van der Waals surface area contributed by atoms with Crippen LogP contribution in [0.15, 0.2) is 12.1 Å². The van der Waals surface area contributed by atoms with E-state index < -0.39 is 24.3 Å². The molecule has 0 atom stereocenters. The third-order valence-corrected chi connectivity index (χ3v) is 5.94. The standard InChI is InChI=1S/C22H32FN3O5/c1-4-22(5-2,21(28)29-6-3)25-19(27)17-9-10-18(26-11-16(12-26)31-14-23)20(24-17)30-13-15-7-8-15/h9-10,15-16H,4-8,11-14H2,1-3H3,(H,25,27). The average Bonchev–Trinajstić information content (AvgIpc) is 3.57. The highest BCUT2D eigenvalue weighted by molar-refractivity contribution is 5.97. The Morgan fingerprint density at radius 2 is 1.94 bits per heavy atom. The number of anilines is 1. The number of aromatic nitrogens is 1. The van der Waals surface area contributed by atoms with Gasteiger partial charge in [0.25, 0.3) is 5.91 Å². The van der Waals surface area contributed by atoms with Crippen molar-refractivity contribution >= 4 is 17.6 Å². The lowest BCUT2D eigenvalue weighted by Crippen LogP contribution is -2.54. The fourth-order valence-electron chi connectivity index (χ4n) is 3.53. The van der Waals surface area contributed by atoms with Crippen molar-refractivity contribution in [2.75, 3.05) is 38.1 Å². The monoisotopic (exact) mass is 437 g/mol. The van der Waals surface area contributed by atoms with E-state index in [0.29, 0.717) is 44.3 Å². The maximum absolute atomic E-state index is 13.0. The number of amides is 1. The predicted molar refractivity (Wildman–Crippen MR) is 113 cm³/mol. The van der Waals surface area contributed by atoms with Gasteiger partial charge in [-0.2, -0.15) is 0 Å². The van der Waals surface area contributed by atoms with Crippen molar-refractivity contribution in [2.45, 2.75) is 58.1 Å². The van der Waals surface area contributed by atoms with Gasteiger partial charge in [-0.1, -0.05) is 13.8 Å². The molecule has 0 spiro atoms. The molecule has 0 unspecified atom stereocenters. The molecule has 31 heavy (non-hydrogen) atoms. The first-order valence-electron chi connectivity index (χ1n) is 11.0. The number of carbonyl (C=O) groups excluding carboxylic acids is 2. The highest BCUT2D eigenvalue weighted by Gasteiger charge is 2.39. The molecule has 0 radical (unpaired) electrons. The molecule has 9 heteroatoms. The van der Waals surface area contributed by atoms with Crippen molar-refractivity contribution in [2.24, 2.45) is 5.92 Å². The van der Waals surface area contributed by atoms with Crippen LogP contribution in [0.25, 0.3) is 0 Å². The topological polar surface area (TPSA) is 90.0 Å². The number of rotatable bonds is 12. The Labute approximate surface area is 182 Å². The van der Waals surface area contributed by atoms with Crippen LogP contribution in [0.4, 0.5) is 10.1 Å². The van der Waals surface area contributed by atoms with Crippen LogP contribution in [0.1, 0.15) is 56.9 Å². The molecule has 0 aromatic carbocycles. The smallest absolute Gasteiger partial charge is 0.331 e. The van der Waals surface area contributed by atoms with Crippen LogP contribution in [0.2, 0.25) is 0 Å². The maximum atomic E-state index is 13.0. The number of carbonyl (C=O) groups is 2. The Balaban J connectivity index is 1.77. The average molecular weight is 438 g/mol. The van der Waals surface area contributed by atoms with Crippen LogP contribution < -0.4 is 15.0 Å². The van der Waals surface area contributed by atoms with E-state index in [2.05, 4.69) is 10.3 Å². The zero-order valence-electron chi connectivity index (χ0n) is 18.5. The van der Waals surface area contributed by atoms with Gasteiger partial charge in [-0.3, -0.25) is 4.79 Å². The molecular weight excluding hydrogens is 405 g/mol. The Bertz CT molecular complexity index is 776. The number of nitrogens with one attached hydrogen (secondary N) is 1. The zero-order chi connectivity index (χ0) is 22.4. The molecule has 0 bridgehead atoms. The molecule has 2 heterocycles. The first-order chi connectivity index (χ1) is 15.0. The summed E-state index contributed by atoms with van der Waals surface area (Å²) in [6.45, 7) is 6.45. The minimum atomic E-state index is -1.10. The third kappa shape index (κ3) is 5.44. The molecule has 2 aliphatic rings. The van der Waals surface area contributed by atoms with Crippen molar-refractivity contribution in [1.82, 2.24) is 10.3 Å². The Kier molecular flexibility index (Phi) is 7.69. The van der Waals surface area contributed by atoms with Crippen LogP contribution in [-0.4, -0.2) is 61.7 Å². The Hall–Kier alpha value is -2.42. The summed E-state index contributed by atoms with van der Waals surface area (Å²) in [5.41, 5.74) is -0.183. The zero-order valence-corrected chi connectivity index (χ0v) is 18.5. The molecule has 1 saturated carbocycles. The number of alkyl halides is 1. The second-order valence-corrected chi connectivity index (χ2v) is 8.04. The van der Waals surface area contributed by atoms with Crippen LogP contribution >= 0.6 is 0 Å². The van der Waals surface area contributed by atoms with E-state index in [0.717, 1.165) is 18.5 Å². The quantitative estimate of drug-likeness (QED) is 0.503. The second-order valence-electron chi connectivity index (χ2n) is 8.04. The summed E-state index contributed by atoms with van der Waals surface area (Å²) < 4.78 is 28.5. The summed E-state index contributed by atoms with van der Waals surface area (Å²) in [5.74, 6) is -0.0211. The molecule has 3 rings (SSSR count). The van der Waals surface area contributed by atoms with Crippen molar-refractivity contribution < 1.29 is 28.2 Å². The lowest BCUT2D eigenvalue weighted by Gasteiger charge is -2.40. The maximum Gasteiger partial charge on any atom is 0.331 e. The number of ether oxygens (including phenoxy) is 3. The van der Waals surface area contributed by atoms with Crippen LogP contribution in [0.3, 0.4) is 0 Å². The molecule has 2 fully saturated rings. The lowest BCUT2D eigenvalue weighted by atomic mass is 9.92. The third-order valence-electron chi connectivity index (χ3n) is 5.94. The summed E-state index contributed by atoms with van der Waals surface area (Å²) in [6, 6.07) is 3.39. The second kappa shape index (κ2) is 10.3. The SMILES string of the molecule is CCOC(=O)C(CC)(CC)NC(=O)c1ccc(N2CC(OCF)C2)c(OCC2CC2)n1.